The molecule has 0 radical (unpaired) electrons. The Morgan fingerprint density at radius 2 is 1.91 bits per heavy atom. The summed E-state index contributed by atoms with van der Waals surface area (Å²) in [5, 5.41) is 7.43. The van der Waals surface area contributed by atoms with E-state index in [1.165, 1.54) is 11.1 Å². The van der Waals surface area contributed by atoms with Gasteiger partial charge >= 0.3 is 0 Å². The number of ether oxygens (including phenoxy) is 2. The van der Waals surface area contributed by atoms with Crippen LogP contribution in [0, 0.1) is 6.92 Å². The lowest BCUT2D eigenvalue weighted by Gasteiger charge is -2.30. The summed E-state index contributed by atoms with van der Waals surface area (Å²) in [5.41, 5.74) is 3.37. The number of benzene rings is 2. The minimum atomic E-state index is 0.0194. The van der Waals surface area contributed by atoms with Crippen LogP contribution in [0.5, 0.6) is 11.5 Å². The summed E-state index contributed by atoms with van der Waals surface area (Å²) in [6, 6.07) is 18.7. The van der Waals surface area contributed by atoms with Gasteiger partial charge in [0.05, 0.1) is 11.8 Å². The van der Waals surface area contributed by atoms with Gasteiger partial charge in [0.1, 0.15) is 24.1 Å². The van der Waals surface area contributed by atoms with Crippen molar-refractivity contribution in [1.82, 2.24) is 15.1 Å². The largest absolute Gasteiger partial charge is 0.490 e. The molecule has 2 aromatic carbocycles. The number of amides is 1. The van der Waals surface area contributed by atoms with E-state index in [4.69, 9.17) is 9.47 Å². The Morgan fingerprint density at radius 3 is 2.67 bits per heavy atom. The number of nitrogens with zero attached hydrogens (tertiary/aromatic N) is 2. The number of aromatic nitrogens is 2. The normalized spacial score (nSPS) is 22.2. The smallest absolute Gasteiger partial charge is 0.241 e. The number of aryl methyl sites for hydroxylation is 2. The lowest BCUT2D eigenvalue weighted by molar-refractivity contribution is -0.122. The Hall–Kier alpha value is -3.28. The summed E-state index contributed by atoms with van der Waals surface area (Å²) in [6.07, 6.45) is 7.85. The number of hydrogen-bond donors (Lipinski definition) is 1. The zero-order chi connectivity index (χ0) is 22.6. The van der Waals surface area contributed by atoms with Crippen molar-refractivity contribution in [3.63, 3.8) is 0 Å². The second-order valence-electron chi connectivity index (χ2n) is 9.14. The van der Waals surface area contributed by atoms with Gasteiger partial charge in [-0.1, -0.05) is 30.3 Å². The van der Waals surface area contributed by atoms with E-state index >= 15 is 0 Å². The van der Waals surface area contributed by atoms with Gasteiger partial charge in [0.25, 0.3) is 0 Å². The summed E-state index contributed by atoms with van der Waals surface area (Å²) in [4.78, 5) is 12.3. The van der Waals surface area contributed by atoms with E-state index in [0.29, 0.717) is 0 Å². The van der Waals surface area contributed by atoms with E-state index < -0.39 is 0 Å². The highest BCUT2D eigenvalue weighted by Gasteiger charge is 2.25. The molecule has 1 aromatic heterocycles. The Balaban J connectivity index is 1.10. The Kier molecular flexibility index (Phi) is 6.33. The number of nitrogens with one attached hydrogen (secondary N) is 1. The van der Waals surface area contributed by atoms with Crippen LogP contribution in [0.15, 0.2) is 60.8 Å². The first kappa shape index (κ1) is 21.6. The number of rotatable bonds is 6. The maximum atomic E-state index is 12.3. The summed E-state index contributed by atoms with van der Waals surface area (Å²) in [7, 11) is 0. The standard InChI is InChI=1S/C27H31N3O3/c1-19-15-16-30(29-19)18-27(31)28-22-8-10-23(11-9-22)32-24-12-14-26-21(17-24)7-13-25(33-26)20-5-3-2-4-6-20/h2-6,12,14-17,22-23,25H,7-11,13,18H2,1H3,(H,28,31)/t22-,23-,25?. The van der Waals surface area contributed by atoms with Crippen molar-refractivity contribution in [3.8, 4) is 11.5 Å². The number of fused-ring (bicyclic) bond motifs is 1. The molecule has 1 amide bonds. The lowest BCUT2D eigenvalue weighted by atomic mass is 9.92. The average Bonchev–Trinajstić information content (AvgIpc) is 3.24. The van der Waals surface area contributed by atoms with E-state index in [9.17, 15) is 4.79 Å². The van der Waals surface area contributed by atoms with Gasteiger partial charge in [-0.15, -0.1) is 0 Å². The molecule has 1 saturated carbocycles. The summed E-state index contributed by atoms with van der Waals surface area (Å²) in [5.74, 6) is 1.89. The van der Waals surface area contributed by atoms with Gasteiger partial charge in [-0.3, -0.25) is 9.48 Å². The number of hydrogen-bond acceptors (Lipinski definition) is 4. The van der Waals surface area contributed by atoms with Crippen molar-refractivity contribution in [2.24, 2.45) is 0 Å². The first-order chi connectivity index (χ1) is 16.1. The van der Waals surface area contributed by atoms with E-state index in [-0.39, 0.29) is 30.7 Å². The molecule has 1 fully saturated rings. The molecule has 2 aliphatic rings. The van der Waals surface area contributed by atoms with Gasteiger partial charge in [0.15, 0.2) is 0 Å². The third kappa shape index (κ3) is 5.38. The molecule has 1 atom stereocenters. The third-order valence-corrected chi connectivity index (χ3v) is 6.57. The molecule has 0 bridgehead atoms. The monoisotopic (exact) mass is 445 g/mol. The SMILES string of the molecule is Cc1ccn(CC(=O)N[C@H]2CC[C@H](Oc3ccc4c(c3)CCC(c3ccccc3)O4)CC2)n1. The molecule has 0 saturated heterocycles. The Morgan fingerprint density at radius 1 is 1.09 bits per heavy atom. The van der Waals surface area contributed by atoms with Crippen molar-refractivity contribution in [2.45, 2.75) is 70.2 Å². The van der Waals surface area contributed by atoms with Crippen LogP contribution in [0.1, 0.15) is 55.0 Å². The molecule has 1 unspecified atom stereocenters. The van der Waals surface area contributed by atoms with E-state index in [1.54, 1.807) is 4.68 Å². The van der Waals surface area contributed by atoms with E-state index in [1.807, 2.05) is 37.4 Å². The molecule has 172 valence electrons. The summed E-state index contributed by atoms with van der Waals surface area (Å²) in [6.45, 7) is 2.19. The van der Waals surface area contributed by atoms with Gasteiger partial charge in [0, 0.05) is 12.2 Å². The zero-order valence-electron chi connectivity index (χ0n) is 19.1. The average molecular weight is 446 g/mol. The van der Waals surface area contributed by atoms with E-state index in [0.717, 1.165) is 55.7 Å². The zero-order valence-corrected chi connectivity index (χ0v) is 19.1. The third-order valence-electron chi connectivity index (χ3n) is 6.57. The van der Waals surface area contributed by atoms with Crippen molar-refractivity contribution in [1.29, 1.82) is 0 Å². The molecule has 33 heavy (non-hydrogen) atoms. The molecule has 3 aromatic rings. The van der Waals surface area contributed by atoms with Crippen LogP contribution in [-0.4, -0.2) is 27.8 Å². The second kappa shape index (κ2) is 9.69. The summed E-state index contributed by atoms with van der Waals surface area (Å²) >= 11 is 0. The molecule has 6 nitrogen and oxygen atoms in total. The van der Waals surface area contributed by atoms with Crippen LogP contribution in [0.3, 0.4) is 0 Å². The van der Waals surface area contributed by atoms with Crippen LogP contribution in [0.4, 0.5) is 0 Å². The Bertz CT molecular complexity index is 1090. The highest BCUT2D eigenvalue weighted by atomic mass is 16.5. The molecule has 5 rings (SSSR count). The first-order valence-electron chi connectivity index (χ1n) is 11.9. The van der Waals surface area contributed by atoms with Crippen molar-refractivity contribution >= 4 is 5.91 Å². The predicted octanol–water partition coefficient (Wildman–Crippen LogP) is 4.76. The topological polar surface area (TPSA) is 65.4 Å². The van der Waals surface area contributed by atoms with Gasteiger partial charge in [-0.25, -0.2) is 0 Å². The molecule has 1 aliphatic heterocycles. The quantitative estimate of drug-likeness (QED) is 0.594. The minimum Gasteiger partial charge on any atom is -0.490 e. The van der Waals surface area contributed by atoms with Crippen LogP contribution >= 0.6 is 0 Å². The minimum absolute atomic E-state index is 0.0194. The van der Waals surface area contributed by atoms with Crippen LogP contribution in [0.2, 0.25) is 0 Å². The fourth-order valence-electron chi connectivity index (χ4n) is 4.83. The van der Waals surface area contributed by atoms with E-state index in [2.05, 4.69) is 40.7 Å². The van der Waals surface area contributed by atoms with Gasteiger partial charge in [-0.05, 0) is 80.8 Å². The molecule has 1 N–H and O–H groups in total. The Labute approximate surface area is 194 Å². The maximum Gasteiger partial charge on any atom is 0.241 e. The molecule has 2 heterocycles. The molecule has 6 heteroatoms. The second-order valence-corrected chi connectivity index (χ2v) is 9.14. The predicted molar refractivity (Wildman–Crippen MR) is 126 cm³/mol. The molecule has 0 spiro atoms. The van der Waals surface area contributed by atoms with Gasteiger partial charge in [-0.2, -0.15) is 5.10 Å². The first-order valence-corrected chi connectivity index (χ1v) is 11.9. The highest BCUT2D eigenvalue weighted by molar-refractivity contribution is 5.75. The maximum absolute atomic E-state index is 12.3. The summed E-state index contributed by atoms with van der Waals surface area (Å²) < 4.78 is 14.2. The highest BCUT2D eigenvalue weighted by Crippen LogP contribution is 2.37. The van der Waals surface area contributed by atoms with Crippen molar-refractivity contribution < 1.29 is 14.3 Å². The van der Waals surface area contributed by atoms with Gasteiger partial charge < -0.3 is 14.8 Å². The lowest BCUT2D eigenvalue weighted by Crippen LogP contribution is -2.41. The van der Waals surface area contributed by atoms with Crippen LogP contribution < -0.4 is 14.8 Å². The number of carbonyl (C=O) groups excluding carboxylic acids is 1. The van der Waals surface area contributed by atoms with Crippen LogP contribution in [-0.2, 0) is 17.8 Å². The fraction of sp³-hybridized carbons (Fsp3) is 0.407. The van der Waals surface area contributed by atoms with Gasteiger partial charge in [0.2, 0.25) is 5.91 Å². The molecular weight excluding hydrogens is 414 g/mol. The van der Waals surface area contributed by atoms with Crippen molar-refractivity contribution in [2.75, 3.05) is 0 Å². The fourth-order valence-corrected chi connectivity index (χ4v) is 4.83. The number of carbonyl (C=O) groups is 1. The van der Waals surface area contributed by atoms with Crippen molar-refractivity contribution in [3.05, 3.63) is 77.6 Å². The molecule has 1 aliphatic carbocycles. The van der Waals surface area contributed by atoms with Crippen LogP contribution in [0.25, 0.3) is 0 Å². The molecular formula is C27H31N3O3.